The summed E-state index contributed by atoms with van der Waals surface area (Å²) in [5.41, 5.74) is -0.204. The highest BCUT2D eigenvalue weighted by atomic mass is 31.2. The van der Waals surface area contributed by atoms with Crippen molar-refractivity contribution in [2.45, 2.75) is 59.4 Å². The molecule has 0 N–H and O–H groups in total. The van der Waals surface area contributed by atoms with Gasteiger partial charge in [0.25, 0.3) is 0 Å². The maximum Gasteiger partial charge on any atom is 0.476 e. The molecule has 0 atom stereocenters. The van der Waals surface area contributed by atoms with E-state index >= 15 is 0 Å². The summed E-state index contributed by atoms with van der Waals surface area (Å²) in [6.45, 7) is 10.7. The molecular weight excluding hydrogens is 331 g/mol. The Labute approximate surface area is 144 Å². The zero-order valence-electron chi connectivity index (χ0n) is 15.4. The smallest absolute Gasteiger partial charge is 0.465 e. The largest absolute Gasteiger partial charge is 0.476 e. The zero-order valence-corrected chi connectivity index (χ0v) is 16.3. The SMILES string of the molecule is COC(=O)c1ccc(COP(=O)(OC(C)(C)C)OC(C)(C)C)cc1. The summed E-state index contributed by atoms with van der Waals surface area (Å²) in [6, 6.07) is 6.63. The fourth-order valence-electron chi connectivity index (χ4n) is 1.75. The van der Waals surface area contributed by atoms with E-state index < -0.39 is 25.0 Å². The third kappa shape index (κ3) is 7.58. The molecule has 0 fully saturated rings. The number of phosphoric acid groups is 1. The molecule has 0 aromatic heterocycles. The summed E-state index contributed by atoms with van der Waals surface area (Å²) >= 11 is 0. The van der Waals surface area contributed by atoms with Crippen molar-refractivity contribution in [3.05, 3.63) is 35.4 Å². The second kappa shape index (κ2) is 7.79. The lowest BCUT2D eigenvalue weighted by atomic mass is 10.1. The van der Waals surface area contributed by atoms with Gasteiger partial charge in [-0.2, -0.15) is 0 Å². The van der Waals surface area contributed by atoms with Crippen LogP contribution < -0.4 is 0 Å². The number of phosphoric ester groups is 1. The van der Waals surface area contributed by atoms with Crippen LogP contribution >= 0.6 is 7.82 Å². The van der Waals surface area contributed by atoms with E-state index in [1.54, 1.807) is 65.8 Å². The lowest BCUT2D eigenvalue weighted by Crippen LogP contribution is -2.24. The number of carbonyl (C=O) groups excluding carboxylic acids is 1. The third-order valence-corrected chi connectivity index (χ3v) is 4.52. The molecule has 6 nitrogen and oxygen atoms in total. The highest BCUT2D eigenvalue weighted by molar-refractivity contribution is 7.48. The fourth-order valence-corrected chi connectivity index (χ4v) is 3.54. The summed E-state index contributed by atoms with van der Waals surface area (Å²) in [4.78, 5) is 11.4. The first-order valence-corrected chi connectivity index (χ1v) is 9.13. The molecule has 0 aliphatic carbocycles. The van der Waals surface area contributed by atoms with Gasteiger partial charge in [-0.25, -0.2) is 9.36 Å². The molecule has 0 heterocycles. The fraction of sp³-hybridized carbons (Fsp3) is 0.588. The molecule has 1 aromatic rings. The van der Waals surface area contributed by atoms with E-state index in [2.05, 4.69) is 4.74 Å². The Hall–Kier alpha value is -1.20. The average molecular weight is 358 g/mol. The molecule has 1 rings (SSSR count). The van der Waals surface area contributed by atoms with Gasteiger partial charge < -0.3 is 4.74 Å². The molecule has 7 heteroatoms. The van der Waals surface area contributed by atoms with E-state index in [-0.39, 0.29) is 6.61 Å². The molecule has 0 saturated heterocycles. The van der Waals surface area contributed by atoms with E-state index in [4.69, 9.17) is 13.6 Å². The monoisotopic (exact) mass is 358 g/mol. The minimum atomic E-state index is -3.76. The van der Waals surface area contributed by atoms with E-state index in [1.165, 1.54) is 7.11 Å². The molecule has 0 aliphatic rings. The standard InChI is InChI=1S/C17H27O6P/c1-16(2,3)22-24(19,23-17(4,5)6)21-12-13-8-10-14(11-9-13)15(18)20-7/h8-11H,12H2,1-7H3. The number of methoxy groups -OCH3 is 1. The van der Waals surface area contributed by atoms with Gasteiger partial charge in [-0.1, -0.05) is 12.1 Å². The van der Waals surface area contributed by atoms with Crippen LogP contribution in [0.5, 0.6) is 0 Å². The van der Waals surface area contributed by atoms with Crippen molar-refractivity contribution in [2.75, 3.05) is 7.11 Å². The van der Waals surface area contributed by atoms with Gasteiger partial charge in [0.1, 0.15) is 0 Å². The molecule has 0 radical (unpaired) electrons. The Morgan fingerprint density at radius 2 is 1.42 bits per heavy atom. The Balaban J connectivity index is 2.84. The highest BCUT2D eigenvalue weighted by Crippen LogP contribution is 2.55. The van der Waals surface area contributed by atoms with Crippen molar-refractivity contribution in [1.29, 1.82) is 0 Å². The van der Waals surface area contributed by atoms with E-state index in [1.807, 2.05) is 0 Å². The van der Waals surface area contributed by atoms with Crippen LogP contribution in [-0.2, 0) is 29.5 Å². The van der Waals surface area contributed by atoms with Crippen LogP contribution in [0.2, 0.25) is 0 Å². The molecule has 0 spiro atoms. The maximum absolute atomic E-state index is 12.9. The second-order valence-corrected chi connectivity index (χ2v) is 8.83. The van der Waals surface area contributed by atoms with Gasteiger partial charge in [-0.15, -0.1) is 0 Å². The Morgan fingerprint density at radius 1 is 0.958 bits per heavy atom. The van der Waals surface area contributed by atoms with Gasteiger partial charge >= 0.3 is 13.8 Å². The lowest BCUT2D eigenvalue weighted by molar-refractivity contribution is 0.000813. The van der Waals surface area contributed by atoms with Crippen molar-refractivity contribution < 1.29 is 27.7 Å². The van der Waals surface area contributed by atoms with Gasteiger partial charge in [0.15, 0.2) is 0 Å². The first kappa shape index (κ1) is 20.8. The Morgan fingerprint density at radius 3 is 1.79 bits per heavy atom. The number of ether oxygens (including phenoxy) is 1. The van der Waals surface area contributed by atoms with E-state index in [0.29, 0.717) is 5.56 Å². The number of benzene rings is 1. The average Bonchev–Trinajstić information content (AvgIpc) is 2.41. The summed E-state index contributed by atoms with van der Waals surface area (Å²) in [6.07, 6.45) is 0. The second-order valence-electron chi connectivity index (χ2n) is 7.32. The van der Waals surface area contributed by atoms with Crippen molar-refractivity contribution in [1.82, 2.24) is 0 Å². The summed E-state index contributed by atoms with van der Waals surface area (Å²) in [5, 5.41) is 0. The summed E-state index contributed by atoms with van der Waals surface area (Å²) < 4.78 is 34.1. The van der Waals surface area contributed by atoms with Crippen molar-refractivity contribution in [3.63, 3.8) is 0 Å². The predicted molar refractivity (Wildman–Crippen MR) is 91.9 cm³/mol. The van der Waals surface area contributed by atoms with Crippen LogP contribution in [0.25, 0.3) is 0 Å². The number of carbonyl (C=O) groups is 1. The Bertz CT molecular complexity index is 575. The predicted octanol–water partition coefficient (Wildman–Crippen LogP) is 4.73. The normalized spacial score (nSPS) is 13.0. The molecule has 0 bridgehead atoms. The summed E-state index contributed by atoms with van der Waals surface area (Å²) in [5.74, 6) is -0.416. The number of hydrogen-bond acceptors (Lipinski definition) is 6. The van der Waals surface area contributed by atoms with Gasteiger partial charge in [0.2, 0.25) is 0 Å². The molecule has 0 aliphatic heterocycles. The number of rotatable bonds is 6. The first-order valence-electron chi connectivity index (χ1n) is 7.67. The molecule has 136 valence electrons. The quantitative estimate of drug-likeness (QED) is 0.541. The number of esters is 1. The van der Waals surface area contributed by atoms with E-state index in [9.17, 15) is 9.36 Å². The molecule has 1 aromatic carbocycles. The van der Waals surface area contributed by atoms with Gasteiger partial charge in [0.05, 0.1) is 30.5 Å². The van der Waals surface area contributed by atoms with Gasteiger partial charge in [0, 0.05) is 0 Å². The van der Waals surface area contributed by atoms with Crippen LogP contribution in [0.15, 0.2) is 24.3 Å². The minimum absolute atomic E-state index is 0.0326. The summed E-state index contributed by atoms with van der Waals surface area (Å²) in [7, 11) is -2.43. The topological polar surface area (TPSA) is 71.1 Å². The van der Waals surface area contributed by atoms with Crippen LogP contribution in [0.4, 0.5) is 0 Å². The van der Waals surface area contributed by atoms with Crippen LogP contribution in [-0.4, -0.2) is 24.3 Å². The van der Waals surface area contributed by atoms with Crippen molar-refractivity contribution in [3.8, 4) is 0 Å². The van der Waals surface area contributed by atoms with Crippen LogP contribution in [0, 0.1) is 0 Å². The minimum Gasteiger partial charge on any atom is -0.465 e. The molecule has 0 saturated carbocycles. The highest BCUT2D eigenvalue weighted by Gasteiger charge is 2.37. The van der Waals surface area contributed by atoms with Gasteiger partial charge in [-0.3, -0.25) is 13.6 Å². The Kier molecular flexibility index (Phi) is 6.76. The molecule has 24 heavy (non-hydrogen) atoms. The van der Waals surface area contributed by atoms with Gasteiger partial charge in [-0.05, 0) is 59.2 Å². The first-order chi connectivity index (χ1) is 10.8. The number of hydrogen-bond donors (Lipinski definition) is 0. The lowest BCUT2D eigenvalue weighted by Gasteiger charge is -2.30. The molecular formula is C17H27O6P. The third-order valence-electron chi connectivity index (χ3n) is 2.54. The van der Waals surface area contributed by atoms with Crippen LogP contribution in [0.3, 0.4) is 0 Å². The van der Waals surface area contributed by atoms with Crippen molar-refractivity contribution >= 4 is 13.8 Å². The maximum atomic E-state index is 12.9. The van der Waals surface area contributed by atoms with E-state index in [0.717, 1.165) is 5.56 Å². The van der Waals surface area contributed by atoms with Crippen LogP contribution in [0.1, 0.15) is 57.5 Å². The zero-order chi connectivity index (χ0) is 18.6. The molecule has 0 amide bonds. The molecule has 0 unspecified atom stereocenters. The van der Waals surface area contributed by atoms with Crippen molar-refractivity contribution in [2.24, 2.45) is 0 Å².